The molecule has 0 unspecified atom stereocenters. The molecule has 0 radical (unpaired) electrons. The lowest BCUT2D eigenvalue weighted by Crippen LogP contribution is -2.45. The summed E-state index contributed by atoms with van der Waals surface area (Å²) in [4.78, 5) is 41.4. The number of alkyl halides is 3. The second-order valence-electron chi connectivity index (χ2n) is 10.4. The maximum Gasteiger partial charge on any atom is 0.416 e. The average molecular weight is 543 g/mol. The predicted octanol–water partition coefficient (Wildman–Crippen LogP) is 6.01. The fraction of sp³-hybridized carbons (Fsp3) is 0.433. The normalized spacial score (nSPS) is 17.9. The number of carbonyl (C=O) groups excluding carboxylic acids is 3. The number of hydrogen-bond donors (Lipinski definition) is 0. The number of fused-ring (bicyclic) bond motifs is 1. The lowest BCUT2D eigenvalue weighted by molar-refractivity contribution is -0.151. The van der Waals surface area contributed by atoms with Crippen LogP contribution in [0.4, 0.5) is 13.2 Å². The third-order valence-electron chi connectivity index (χ3n) is 7.84. The van der Waals surface area contributed by atoms with E-state index < -0.39 is 11.7 Å². The van der Waals surface area contributed by atoms with Crippen molar-refractivity contribution >= 4 is 28.6 Å². The van der Waals surface area contributed by atoms with E-state index in [-0.39, 0.29) is 35.2 Å². The number of ether oxygens (including phenoxy) is 1. The minimum Gasteiger partial charge on any atom is -0.466 e. The Morgan fingerprint density at radius 2 is 1.74 bits per heavy atom. The molecule has 3 aromatic rings. The van der Waals surface area contributed by atoms with Gasteiger partial charge in [0.2, 0.25) is 5.78 Å². The third kappa shape index (κ3) is 5.18. The molecule has 39 heavy (non-hydrogen) atoms. The lowest BCUT2D eigenvalue weighted by Gasteiger charge is -2.36. The van der Waals surface area contributed by atoms with Crippen LogP contribution in [0.15, 0.2) is 30.3 Å². The molecule has 2 atom stereocenters. The highest BCUT2D eigenvalue weighted by Crippen LogP contribution is 2.35. The minimum atomic E-state index is -4.50. The standard InChI is InChI=1S/C30H33F3N2O4/c1-7-39-29(38)21-10-11-35(15-18(21)4)28(37)22-9-8-16(2)26(19(22)5)27(36)25-14-23-17(3)12-20(30(31,32)33)13-24(23)34(25)6/h8-9,12-14,18,21H,7,10-11,15H2,1-6H3/t18-,21+/m0/s1. The second-order valence-corrected chi connectivity index (χ2v) is 10.4. The number of carbonyl (C=O) groups is 3. The van der Waals surface area contributed by atoms with Crippen molar-refractivity contribution in [2.45, 2.75) is 47.2 Å². The van der Waals surface area contributed by atoms with E-state index in [1.165, 1.54) is 4.57 Å². The number of esters is 1. The zero-order chi connectivity index (χ0) is 28.8. The molecular weight excluding hydrogens is 509 g/mol. The summed E-state index contributed by atoms with van der Waals surface area (Å²) in [6, 6.07) is 7.17. The van der Waals surface area contributed by atoms with E-state index in [0.29, 0.717) is 64.8 Å². The fourth-order valence-corrected chi connectivity index (χ4v) is 5.65. The number of halogens is 3. The van der Waals surface area contributed by atoms with Crippen LogP contribution in [0.5, 0.6) is 0 Å². The maximum atomic E-state index is 13.8. The Balaban J connectivity index is 1.68. The highest BCUT2D eigenvalue weighted by molar-refractivity contribution is 6.14. The van der Waals surface area contributed by atoms with Crippen molar-refractivity contribution in [3.63, 3.8) is 0 Å². The summed E-state index contributed by atoms with van der Waals surface area (Å²) in [5.41, 5.74) is 2.14. The van der Waals surface area contributed by atoms with Gasteiger partial charge in [-0.25, -0.2) is 0 Å². The number of benzene rings is 2. The summed E-state index contributed by atoms with van der Waals surface area (Å²) in [6.45, 7) is 9.87. The van der Waals surface area contributed by atoms with E-state index in [4.69, 9.17) is 4.74 Å². The molecule has 1 fully saturated rings. The van der Waals surface area contributed by atoms with Crippen molar-refractivity contribution in [2.24, 2.45) is 18.9 Å². The molecule has 1 aliphatic rings. The molecule has 9 heteroatoms. The summed E-state index contributed by atoms with van der Waals surface area (Å²) in [7, 11) is 1.57. The van der Waals surface area contributed by atoms with Crippen LogP contribution >= 0.6 is 0 Å². The van der Waals surface area contributed by atoms with Gasteiger partial charge < -0.3 is 14.2 Å². The van der Waals surface area contributed by atoms with Crippen molar-refractivity contribution in [2.75, 3.05) is 19.7 Å². The van der Waals surface area contributed by atoms with Crippen LogP contribution < -0.4 is 0 Å². The Kier molecular flexibility index (Phi) is 7.65. The summed E-state index contributed by atoms with van der Waals surface area (Å²) in [5.74, 6) is -1.17. The molecule has 1 aromatic heterocycles. The van der Waals surface area contributed by atoms with E-state index in [0.717, 1.165) is 12.1 Å². The molecule has 2 heterocycles. The molecule has 1 saturated heterocycles. The van der Waals surface area contributed by atoms with Gasteiger partial charge in [-0.1, -0.05) is 13.0 Å². The molecule has 2 aromatic carbocycles. The molecule has 0 spiro atoms. The average Bonchev–Trinajstić information content (AvgIpc) is 3.20. The quantitative estimate of drug-likeness (QED) is 0.292. The molecule has 208 valence electrons. The first-order valence-corrected chi connectivity index (χ1v) is 13.0. The predicted molar refractivity (Wildman–Crippen MR) is 142 cm³/mol. The van der Waals surface area contributed by atoms with Gasteiger partial charge in [-0.2, -0.15) is 13.2 Å². The SMILES string of the molecule is CCOC(=O)[C@@H]1CCN(C(=O)c2ccc(C)c(C(=O)c3cc4c(C)cc(C(F)(F)F)cc4n3C)c2C)C[C@@H]1C. The first-order chi connectivity index (χ1) is 18.3. The van der Waals surface area contributed by atoms with Gasteiger partial charge in [0.15, 0.2) is 0 Å². The van der Waals surface area contributed by atoms with E-state index in [2.05, 4.69) is 0 Å². The van der Waals surface area contributed by atoms with Crippen LogP contribution in [0.25, 0.3) is 10.9 Å². The summed E-state index contributed by atoms with van der Waals surface area (Å²) < 4.78 is 46.9. The van der Waals surface area contributed by atoms with Gasteiger partial charge in [0, 0.05) is 42.2 Å². The Bertz CT molecular complexity index is 1470. The molecular formula is C30H33F3N2O4. The Labute approximate surface area is 225 Å². The van der Waals surface area contributed by atoms with Crippen LogP contribution in [-0.4, -0.2) is 46.8 Å². The maximum absolute atomic E-state index is 13.8. The first-order valence-electron chi connectivity index (χ1n) is 13.0. The number of aryl methyl sites for hydroxylation is 3. The number of aromatic nitrogens is 1. The topological polar surface area (TPSA) is 68.6 Å². The van der Waals surface area contributed by atoms with Crippen molar-refractivity contribution in [1.82, 2.24) is 9.47 Å². The van der Waals surface area contributed by atoms with E-state index >= 15 is 0 Å². The molecule has 6 nitrogen and oxygen atoms in total. The van der Waals surface area contributed by atoms with E-state index in [9.17, 15) is 27.6 Å². The minimum absolute atomic E-state index is 0.0748. The highest BCUT2D eigenvalue weighted by Gasteiger charge is 2.35. The zero-order valence-electron chi connectivity index (χ0n) is 23.0. The zero-order valence-corrected chi connectivity index (χ0v) is 23.0. The first kappa shape index (κ1) is 28.4. The van der Waals surface area contributed by atoms with Crippen molar-refractivity contribution < 1.29 is 32.3 Å². The Morgan fingerprint density at radius 3 is 2.36 bits per heavy atom. The van der Waals surface area contributed by atoms with Crippen molar-refractivity contribution in [3.8, 4) is 0 Å². The number of piperidine rings is 1. The van der Waals surface area contributed by atoms with Crippen molar-refractivity contribution in [1.29, 1.82) is 0 Å². The highest BCUT2D eigenvalue weighted by atomic mass is 19.4. The number of rotatable bonds is 5. The van der Waals surface area contributed by atoms with Crippen molar-refractivity contribution in [3.05, 3.63) is 69.4 Å². The molecule has 1 aliphatic heterocycles. The number of likely N-dealkylation sites (tertiary alicyclic amines) is 1. The van der Waals surface area contributed by atoms with Gasteiger partial charge >= 0.3 is 12.1 Å². The molecule has 0 bridgehead atoms. The number of nitrogens with zero attached hydrogens (tertiary/aromatic N) is 2. The fourth-order valence-electron chi connectivity index (χ4n) is 5.65. The molecule has 4 rings (SSSR count). The van der Waals surface area contributed by atoms with Crippen LogP contribution in [0.3, 0.4) is 0 Å². The number of hydrogen-bond acceptors (Lipinski definition) is 4. The Morgan fingerprint density at radius 1 is 1.05 bits per heavy atom. The second kappa shape index (κ2) is 10.5. The summed E-state index contributed by atoms with van der Waals surface area (Å²) >= 11 is 0. The third-order valence-corrected chi connectivity index (χ3v) is 7.84. The largest absolute Gasteiger partial charge is 0.466 e. The van der Waals surface area contributed by atoms with E-state index in [1.54, 1.807) is 57.8 Å². The summed E-state index contributed by atoms with van der Waals surface area (Å²) in [5, 5.41) is 0.565. The smallest absolute Gasteiger partial charge is 0.416 e. The van der Waals surface area contributed by atoms with Crippen LogP contribution in [0.1, 0.15) is 68.9 Å². The molecule has 1 amide bonds. The number of amides is 1. The summed E-state index contributed by atoms with van der Waals surface area (Å²) in [6.07, 6.45) is -4.00. The lowest BCUT2D eigenvalue weighted by atomic mass is 9.86. The monoisotopic (exact) mass is 542 g/mol. The number of ketones is 1. The molecule has 0 saturated carbocycles. The molecule has 0 N–H and O–H groups in total. The van der Waals surface area contributed by atoms with Gasteiger partial charge in [0.25, 0.3) is 5.91 Å². The van der Waals surface area contributed by atoms with Gasteiger partial charge in [-0.3, -0.25) is 14.4 Å². The van der Waals surface area contributed by atoms with Gasteiger partial charge in [-0.05, 0) is 81.0 Å². The van der Waals surface area contributed by atoms with Gasteiger partial charge in [0.05, 0.1) is 23.8 Å². The van der Waals surface area contributed by atoms with Crippen LogP contribution in [-0.2, 0) is 22.8 Å². The van der Waals surface area contributed by atoms with Crippen LogP contribution in [0, 0.1) is 32.6 Å². The van der Waals surface area contributed by atoms with E-state index in [1.807, 2.05) is 6.92 Å². The molecule has 0 aliphatic carbocycles. The van der Waals surface area contributed by atoms with Gasteiger partial charge in [0.1, 0.15) is 0 Å². The Hall–Kier alpha value is -3.62. The van der Waals surface area contributed by atoms with Crippen LogP contribution in [0.2, 0.25) is 0 Å². The van der Waals surface area contributed by atoms with Gasteiger partial charge in [-0.15, -0.1) is 0 Å².